The van der Waals surface area contributed by atoms with Gasteiger partial charge in [-0.25, -0.2) is 4.98 Å². The Bertz CT molecular complexity index is 1410. The Balaban J connectivity index is 1.53. The van der Waals surface area contributed by atoms with Crippen LogP contribution in [0.2, 0.25) is 0 Å². The number of para-hydroxylation sites is 1. The molecule has 0 spiro atoms. The Kier molecular flexibility index (Phi) is 6.01. The number of nitrogens with zero attached hydrogens (tertiary/aromatic N) is 3. The van der Waals surface area contributed by atoms with Crippen LogP contribution in [0.25, 0.3) is 16.8 Å². The number of rotatable bonds is 5. The lowest BCUT2D eigenvalue weighted by Gasteiger charge is -2.13. The van der Waals surface area contributed by atoms with Crippen LogP contribution in [-0.2, 0) is 19.6 Å². The van der Waals surface area contributed by atoms with Gasteiger partial charge in [0, 0.05) is 41.4 Å². The summed E-state index contributed by atoms with van der Waals surface area (Å²) < 4.78 is 8.43. The summed E-state index contributed by atoms with van der Waals surface area (Å²) in [5.41, 5.74) is 8.12. The van der Waals surface area contributed by atoms with Crippen LogP contribution in [0, 0.1) is 11.3 Å². The normalized spacial score (nSPS) is 13.8. The van der Waals surface area contributed by atoms with E-state index in [-0.39, 0.29) is 0 Å². The first-order valence-electron chi connectivity index (χ1n) is 11.7. The maximum atomic E-state index is 9.70. The first kappa shape index (κ1) is 21.7. The summed E-state index contributed by atoms with van der Waals surface area (Å²) in [5, 5.41) is 9.70. The van der Waals surface area contributed by atoms with E-state index in [0.717, 1.165) is 64.5 Å². The molecule has 1 aliphatic heterocycles. The first-order valence-corrected chi connectivity index (χ1v) is 11.7. The molecule has 0 radical (unpaired) electrons. The summed E-state index contributed by atoms with van der Waals surface area (Å²) in [6.07, 6.45) is 4.14. The van der Waals surface area contributed by atoms with Crippen LogP contribution in [0.3, 0.4) is 0 Å². The van der Waals surface area contributed by atoms with Gasteiger partial charge >= 0.3 is 0 Å². The van der Waals surface area contributed by atoms with Gasteiger partial charge in [0.2, 0.25) is 0 Å². The average Bonchev–Trinajstić information content (AvgIpc) is 3.18. The SMILES string of the molecule is CCCc1nc(-c2ccccc2)cn1Cc1ccc2c(c1)COc1ccccc1C2=C(C)C#N. The summed E-state index contributed by atoms with van der Waals surface area (Å²) >= 11 is 0. The van der Waals surface area contributed by atoms with Crippen LogP contribution < -0.4 is 4.74 Å². The number of fused-ring (bicyclic) bond motifs is 2. The minimum Gasteiger partial charge on any atom is -0.488 e. The molecule has 1 aromatic heterocycles. The molecule has 0 unspecified atom stereocenters. The van der Waals surface area contributed by atoms with Crippen molar-refractivity contribution in [1.82, 2.24) is 9.55 Å². The molecule has 34 heavy (non-hydrogen) atoms. The molecule has 5 rings (SSSR count). The molecule has 4 heteroatoms. The van der Waals surface area contributed by atoms with Crippen LogP contribution in [0.4, 0.5) is 0 Å². The maximum Gasteiger partial charge on any atom is 0.127 e. The number of aromatic nitrogens is 2. The molecule has 4 aromatic rings. The predicted molar refractivity (Wildman–Crippen MR) is 135 cm³/mol. The first-order chi connectivity index (χ1) is 16.7. The van der Waals surface area contributed by atoms with E-state index >= 15 is 0 Å². The molecule has 0 atom stereocenters. The Morgan fingerprint density at radius 1 is 1.03 bits per heavy atom. The second-order valence-electron chi connectivity index (χ2n) is 8.67. The molecule has 0 saturated carbocycles. The van der Waals surface area contributed by atoms with E-state index in [1.54, 1.807) is 0 Å². The van der Waals surface area contributed by atoms with Gasteiger partial charge < -0.3 is 9.30 Å². The van der Waals surface area contributed by atoms with E-state index in [1.165, 1.54) is 5.56 Å². The number of hydrogen-bond acceptors (Lipinski definition) is 3. The van der Waals surface area contributed by atoms with Crippen molar-refractivity contribution in [2.45, 2.75) is 39.8 Å². The zero-order valence-electron chi connectivity index (χ0n) is 19.6. The van der Waals surface area contributed by atoms with Crippen LogP contribution in [0.5, 0.6) is 5.75 Å². The van der Waals surface area contributed by atoms with Crippen molar-refractivity contribution in [1.29, 1.82) is 5.26 Å². The summed E-state index contributed by atoms with van der Waals surface area (Å²) in [4.78, 5) is 4.94. The third-order valence-corrected chi connectivity index (χ3v) is 6.28. The van der Waals surface area contributed by atoms with E-state index in [1.807, 2.05) is 49.4 Å². The van der Waals surface area contributed by atoms with Gasteiger partial charge in [-0.1, -0.05) is 67.6 Å². The predicted octanol–water partition coefficient (Wildman–Crippen LogP) is 6.79. The fourth-order valence-corrected chi connectivity index (χ4v) is 4.63. The van der Waals surface area contributed by atoms with Crippen LogP contribution in [0.1, 0.15) is 48.3 Å². The zero-order chi connectivity index (χ0) is 23.5. The molecule has 0 fully saturated rings. The van der Waals surface area contributed by atoms with Crippen molar-refractivity contribution >= 4 is 5.57 Å². The quantitative estimate of drug-likeness (QED) is 0.318. The number of hydrogen-bond donors (Lipinski definition) is 0. The number of benzene rings is 3. The summed E-state index contributed by atoms with van der Waals surface area (Å²) in [6, 6.07) is 27.2. The number of imidazole rings is 1. The van der Waals surface area contributed by atoms with Gasteiger partial charge in [-0.3, -0.25) is 0 Å². The smallest absolute Gasteiger partial charge is 0.127 e. The van der Waals surface area contributed by atoms with Gasteiger partial charge in [0.25, 0.3) is 0 Å². The van der Waals surface area contributed by atoms with Gasteiger partial charge in [0.15, 0.2) is 0 Å². The maximum absolute atomic E-state index is 9.70. The highest BCUT2D eigenvalue weighted by Gasteiger charge is 2.21. The minimum absolute atomic E-state index is 0.476. The number of allylic oxidation sites excluding steroid dienone is 1. The molecule has 0 saturated heterocycles. The number of nitriles is 1. The van der Waals surface area contributed by atoms with Crippen molar-refractivity contribution < 1.29 is 4.74 Å². The van der Waals surface area contributed by atoms with E-state index in [0.29, 0.717) is 12.2 Å². The van der Waals surface area contributed by atoms with E-state index in [2.05, 4.69) is 54.1 Å². The number of aryl methyl sites for hydroxylation is 1. The van der Waals surface area contributed by atoms with Gasteiger partial charge in [0.1, 0.15) is 18.2 Å². The van der Waals surface area contributed by atoms with E-state index in [4.69, 9.17) is 9.72 Å². The molecule has 0 aliphatic carbocycles. The van der Waals surface area contributed by atoms with E-state index < -0.39 is 0 Å². The number of ether oxygens (including phenoxy) is 1. The topological polar surface area (TPSA) is 50.8 Å². The molecule has 168 valence electrons. The lowest BCUT2D eigenvalue weighted by atomic mass is 9.90. The summed E-state index contributed by atoms with van der Waals surface area (Å²) in [5.74, 6) is 1.91. The Labute approximate surface area is 200 Å². The molecular formula is C30H27N3O. The Morgan fingerprint density at radius 3 is 2.62 bits per heavy atom. The molecular weight excluding hydrogens is 418 g/mol. The van der Waals surface area contributed by atoms with Gasteiger partial charge in [-0.2, -0.15) is 5.26 Å². The lowest BCUT2D eigenvalue weighted by molar-refractivity contribution is 0.307. The van der Waals surface area contributed by atoms with Crippen molar-refractivity contribution in [2.75, 3.05) is 0 Å². The highest BCUT2D eigenvalue weighted by molar-refractivity contribution is 5.88. The highest BCUT2D eigenvalue weighted by Crippen LogP contribution is 2.38. The summed E-state index contributed by atoms with van der Waals surface area (Å²) in [7, 11) is 0. The fourth-order valence-electron chi connectivity index (χ4n) is 4.63. The van der Waals surface area contributed by atoms with Crippen molar-refractivity contribution in [3.05, 3.63) is 113 Å². The van der Waals surface area contributed by atoms with Crippen molar-refractivity contribution in [3.63, 3.8) is 0 Å². The molecule has 3 aromatic carbocycles. The zero-order valence-corrected chi connectivity index (χ0v) is 19.6. The van der Waals surface area contributed by atoms with Gasteiger partial charge in [0.05, 0.1) is 11.8 Å². The lowest BCUT2D eigenvalue weighted by Crippen LogP contribution is -2.06. The molecule has 4 nitrogen and oxygen atoms in total. The Hall–Kier alpha value is -4.10. The molecule has 2 heterocycles. The average molecular weight is 446 g/mol. The fraction of sp³-hybridized carbons (Fsp3) is 0.200. The van der Waals surface area contributed by atoms with Crippen LogP contribution in [-0.4, -0.2) is 9.55 Å². The van der Waals surface area contributed by atoms with Crippen LogP contribution >= 0.6 is 0 Å². The molecule has 1 aliphatic rings. The third kappa shape index (κ3) is 4.13. The molecule has 0 bridgehead atoms. The van der Waals surface area contributed by atoms with Gasteiger partial charge in [-0.15, -0.1) is 0 Å². The van der Waals surface area contributed by atoms with Crippen molar-refractivity contribution in [2.24, 2.45) is 0 Å². The van der Waals surface area contributed by atoms with E-state index in [9.17, 15) is 5.26 Å². The monoisotopic (exact) mass is 445 g/mol. The summed E-state index contributed by atoms with van der Waals surface area (Å²) in [6.45, 7) is 5.28. The highest BCUT2D eigenvalue weighted by atomic mass is 16.5. The van der Waals surface area contributed by atoms with Crippen LogP contribution in [0.15, 0.2) is 84.6 Å². The third-order valence-electron chi connectivity index (χ3n) is 6.28. The second-order valence-corrected chi connectivity index (χ2v) is 8.67. The van der Waals surface area contributed by atoms with Gasteiger partial charge in [-0.05, 0) is 42.2 Å². The van der Waals surface area contributed by atoms with Crippen molar-refractivity contribution in [3.8, 4) is 23.1 Å². The largest absolute Gasteiger partial charge is 0.488 e. The molecule has 0 amide bonds. The molecule has 0 N–H and O–H groups in total. The minimum atomic E-state index is 0.476. The second kappa shape index (κ2) is 9.41. The standard InChI is InChI=1S/C30H27N3O/c1-3-9-29-32-27(23-10-5-4-6-11-23)19-33(29)18-22-14-15-25-24(16-22)20-34-28-13-8-7-12-26(28)30(25)21(2)17-31/h4-8,10-16,19H,3,9,18,20H2,1-2H3. The Morgan fingerprint density at radius 2 is 1.82 bits per heavy atom.